The molecule has 0 radical (unpaired) electrons. The van der Waals surface area contributed by atoms with Crippen LogP contribution in [0, 0.1) is 0 Å². The van der Waals surface area contributed by atoms with Crippen LogP contribution in [0.1, 0.15) is 0 Å². The van der Waals surface area contributed by atoms with Gasteiger partial charge in [0.25, 0.3) is 0 Å². The largest absolute Gasteiger partial charge is 0.480 e. The summed E-state index contributed by atoms with van der Waals surface area (Å²) in [6.45, 7) is -1.19. The van der Waals surface area contributed by atoms with Gasteiger partial charge in [-0.25, -0.2) is 0 Å². The van der Waals surface area contributed by atoms with Crippen LogP contribution in [0.2, 0.25) is 5.15 Å². The Morgan fingerprint density at radius 3 is 2.33 bits per heavy atom. The molecule has 1 heterocycles. The molecule has 98 valence electrons. The fourth-order valence-corrected chi connectivity index (χ4v) is 1.10. The number of carboxylic acid groups (broad SMARTS) is 1. The number of halogens is 4. The summed E-state index contributed by atoms with van der Waals surface area (Å²) in [5.41, 5.74) is 0. The Labute approximate surface area is 103 Å². The average molecular weight is 284 g/mol. The maximum atomic E-state index is 12.3. The van der Waals surface area contributed by atoms with E-state index in [1.165, 1.54) is 0 Å². The lowest BCUT2D eigenvalue weighted by atomic mass is 10.4. The summed E-state index contributed by atoms with van der Waals surface area (Å²) < 4.78 is 36.8. The van der Waals surface area contributed by atoms with Crippen molar-refractivity contribution in [2.45, 2.75) is 6.18 Å². The first-order valence-corrected chi connectivity index (χ1v) is 4.69. The van der Waals surface area contributed by atoms with Crippen LogP contribution < -0.4 is 4.90 Å². The number of carbonyl (C=O) groups excluding carboxylic acids is 1. The predicted octanol–water partition coefficient (Wildman–Crippen LogP) is 1.11. The Balaban J connectivity index is 3.09. The smallest absolute Gasteiger partial charge is 0.471 e. The van der Waals surface area contributed by atoms with E-state index in [0.717, 1.165) is 12.1 Å². The zero-order valence-electron chi connectivity index (χ0n) is 8.48. The normalized spacial score (nSPS) is 11.1. The van der Waals surface area contributed by atoms with Crippen molar-refractivity contribution < 1.29 is 27.9 Å². The molecule has 0 fully saturated rings. The standard InChI is InChI=1S/C8H5ClF3N3O3/c9-4-1-2-5(14-13-4)15(3-6(16)17)7(18)8(10,11)12/h1-2H,3H2,(H,16,17). The third-order valence-corrected chi connectivity index (χ3v) is 1.88. The van der Waals surface area contributed by atoms with Gasteiger partial charge in [-0.2, -0.15) is 13.2 Å². The Bertz CT molecular complexity index is 463. The first-order chi connectivity index (χ1) is 8.21. The molecular weight excluding hydrogens is 279 g/mol. The number of carbonyl (C=O) groups is 2. The number of hydrogen-bond acceptors (Lipinski definition) is 4. The molecule has 0 saturated heterocycles. The quantitative estimate of drug-likeness (QED) is 0.898. The zero-order chi connectivity index (χ0) is 13.9. The summed E-state index contributed by atoms with van der Waals surface area (Å²) in [6.07, 6.45) is -5.21. The number of rotatable bonds is 3. The van der Waals surface area contributed by atoms with Crippen molar-refractivity contribution in [3.63, 3.8) is 0 Å². The van der Waals surface area contributed by atoms with E-state index in [1.54, 1.807) is 0 Å². The van der Waals surface area contributed by atoms with Crippen LogP contribution >= 0.6 is 11.6 Å². The van der Waals surface area contributed by atoms with Gasteiger partial charge < -0.3 is 5.11 Å². The maximum absolute atomic E-state index is 12.3. The topological polar surface area (TPSA) is 83.4 Å². The van der Waals surface area contributed by atoms with E-state index in [4.69, 9.17) is 16.7 Å². The molecule has 0 aliphatic rings. The highest BCUT2D eigenvalue weighted by Crippen LogP contribution is 2.22. The van der Waals surface area contributed by atoms with E-state index in [-0.39, 0.29) is 10.1 Å². The first kappa shape index (κ1) is 14.2. The third kappa shape index (κ3) is 3.55. The molecule has 18 heavy (non-hydrogen) atoms. The van der Waals surface area contributed by atoms with Crippen molar-refractivity contribution in [2.75, 3.05) is 11.4 Å². The Kier molecular flexibility index (Phi) is 4.07. The van der Waals surface area contributed by atoms with Crippen molar-refractivity contribution in [3.05, 3.63) is 17.3 Å². The maximum Gasteiger partial charge on any atom is 0.471 e. The SMILES string of the molecule is O=C(O)CN(C(=O)C(F)(F)F)c1ccc(Cl)nn1. The van der Waals surface area contributed by atoms with Crippen LogP contribution in [0.5, 0.6) is 0 Å². The molecule has 0 bridgehead atoms. The minimum Gasteiger partial charge on any atom is -0.480 e. The molecule has 0 aromatic carbocycles. The van der Waals surface area contributed by atoms with Crippen molar-refractivity contribution in [2.24, 2.45) is 0 Å². The highest BCUT2D eigenvalue weighted by molar-refractivity contribution is 6.29. The van der Waals surface area contributed by atoms with E-state index >= 15 is 0 Å². The van der Waals surface area contributed by atoms with Crippen molar-refractivity contribution in [3.8, 4) is 0 Å². The summed E-state index contributed by atoms with van der Waals surface area (Å²) in [7, 11) is 0. The van der Waals surface area contributed by atoms with Crippen LogP contribution in [0.4, 0.5) is 19.0 Å². The lowest BCUT2D eigenvalue weighted by Crippen LogP contribution is -2.44. The van der Waals surface area contributed by atoms with E-state index in [0.29, 0.717) is 0 Å². The van der Waals surface area contributed by atoms with Gasteiger partial charge in [0, 0.05) is 0 Å². The molecule has 0 spiro atoms. The monoisotopic (exact) mass is 283 g/mol. The number of aromatic nitrogens is 2. The van der Waals surface area contributed by atoms with Gasteiger partial charge in [-0.3, -0.25) is 14.5 Å². The van der Waals surface area contributed by atoms with Gasteiger partial charge in [-0.15, -0.1) is 10.2 Å². The molecule has 1 N–H and O–H groups in total. The summed E-state index contributed by atoms with van der Waals surface area (Å²) >= 11 is 5.38. The van der Waals surface area contributed by atoms with E-state index in [2.05, 4.69) is 10.2 Å². The second-order valence-corrected chi connectivity index (χ2v) is 3.38. The van der Waals surface area contributed by atoms with Crippen molar-refractivity contribution in [1.82, 2.24) is 10.2 Å². The molecule has 6 nitrogen and oxygen atoms in total. The third-order valence-electron chi connectivity index (χ3n) is 1.68. The Morgan fingerprint density at radius 1 is 1.33 bits per heavy atom. The molecule has 0 atom stereocenters. The zero-order valence-corrected chi connectivity index (χ0v) is 9.23. The molecule has 10 heteroatoms. The number of carboxylic acids is 1. The number of anilines is 1. The van der Waals surface area contributed by atoms with Gasteiger partial charge in [0.05, 0.1) is 0 Å². The molecule has 0 saturated carbocycles. The van der Waals surface area contributed by atoms with E-state index < -0.39 is 30.4 Å². The van der Waals surface area contributed by atoms with Gasteiger partial charge in [-0.1, -0.05) is 11.6 Å². The second-order valence-electron chi connectivity index (χ2n) is 3.00. The minimum absolute atomic E-state index is 0.0499. The molecule has 1 aromatic rings. The molecule has 0 aliphatic carbocycles. The van der Waals surface area contributed by atoms with Crippen molar-refractivity contribution in [1.29, 1.82) is 0 Å². The van der Waals surface area contributed by atoms with Gasteiger partial charge in [0.2, 0.25) is 0 Å². The highest BCUT2D eigenvalue weighted by Gasteiger charge is 2.44. The molecule has 1 aromatic heterocycles. The van der Waals surface area contributed by atoms with Crippen LogP contribution in [0.15, 0.2) is 12.1 Å². The Morgan fingerprint density at radius 2 is 1.94 bits per heavy atom. The second kappa shape index (κ2) is 5.17. The van der Waals surface area contributed by atoms with Gasteiger partial charge in [0.1, 0.15) is 6.54 Å². The van der Waals surface area contributed by atoms with Crippen LogP contribution in [0.25, 0.3) is 0 Å². The first-order valence-electron chi connectivity index (χ1n) is 4.31. The summed E-state index contributed by atoms with van der Waals surface area (Å²) in [4.78, 5) is 21.4. The number of amides is 1. The lowest BCUT2D eigenvalue weighted by Gasteiger charge is -2.20. The molecule has 0 unspecified atom stereocenters. The van der Waals surface area contributed by atoms with Crippen LogP contribution in [-0.2, 0) is 9.59 Å². The molecule has 1 rings (SSSR count). The number of alkyl halides is 3. The minimum atomic E-state index is -5.21. The highest BCUT2D eigenvalue weighted by atomic mass is 35.5. The number of aliphatic carboxylic acids is 1. The molecule has 0 aliphatic heterocycles. The lowest BCUT2D eigenvalue weighted by molar-refractivity contribution is -0.171. The fraction of sp³-hybridized carbons (Fsp3) is 0.250. The Hall–Kier alpha value is -1.90. The summed E-state index contributed by atoms with van der Waals surface area (Å²) in [5, 5.41) is 14.8. The summed E-state index contributed by atoms with van der Waals surface area (Å²) in [5.74, 6) is -4.52. The average Bonchev–Trinajstić information content (AvgIpc) is 2.25. The number of nitrogens with zero attached hydrogens (tertiary/aromatic N) is 3. The number of hydrogen-bond donors (Lipinski definition) is 1. The van der Waals surface area contributed by atoms with Gasteiger partial charge >= 0.3 is 18.1 Å². The van der Waals surface area contributed by atoms with Crippen molar-refractivity contribution >= 4 is 29.3 Å². The fourth-order valence-electron chi connectivity index (χ4n) is 0.998. The predicted molar refractivity (Wildman–Crippen MR) is 53.1 cm³/mol. The molecule has 1 amide bonds. The van der Waals surface area contributed by atoms with Crippen LogP contribution in [0.3, 0.4) is 0 Å². The van der Waals surface area contributed by atoms with E-state index in [9.17, 15) is 22.8 Å². The van der Waals surface area contributed by atoms with Gasteiger partial charge in [-0.05, 0) is 12.1 Å². The summed E-state index contributed by atoms with van der Waals surface area (Å²) in [6, 6.07) is 2.05. The van der Waals surface area contributed by atoms with Gasteiger partial charge in [0.15, 0.2) is 11.0 Å². The van der Waals surface area contributed by atoms with E-state index in [1.807, 2.05) is 0 Å². The van der Waals surface area contributed by atoms with Crippen LogP contribution in [-0.4, -0.2) is 39.9 Å². The molecular formula is C8H5ClF3N3O3.